The highest BCUT2D eigenvalue weighted by Crippen LogP contribution is 2.44. The fraction of sp³-hybridized carbons (Fsp3) is 0.143. The van der Waals surface area contributed by atoms with Crippen LogP contribution >= 0.6 is 11.6 Å². The third kappa shape index (κ3) is 3.92. The molecule has 1 amide bonds. The molecule has 1 aliphatic heterocycles. The highest BCUT2D eigenvalue weighted by molar-refractivity contribution is 6.31. The number of hydrogen-bond donors (Lipinski definition) is 1. The minimum Gasteiger partial charge on any atom is -0.375 e. The average molecular weight is 456 g/mol. The number of halogens is 1. The van der Waals surface area contributed by atoms with Crippen LogP contribution in [0.2, 0.25) is 5.02 Å². The first-order chi connectivity index (χ1) is 16.0. The molecule has 0 bridgehead atoms. The second kappa shape index (κ2) is 8.47. The van der Waals surface area contributed by atoms with Crippen molar-refractivity contribution < 1.29 is 14.7 Å². The molecule has 5 rings (SSSR count). The van der Waals surface area contributed by atoms with Crippen LogP contribution in [-0.4, -0.2) is 23.3 Å². The Bertz CT molecular complexity index is 1370. The molecule has 5 heteroatoms. The molecule has 1 aliphatic rings. The summed E-state index contributed by atoms with van der Waals surface area (Å²) in [5.41, 5.74) is 0.556. The van der Waals surface area contributed by atoms with E-state index in [4.69, 9.17) is 11.6 Å². The smallest absolute Gasteiger partial charge is 0.264 e. The monoisotopic (exact) mass is 455 g/mol. The lowest BCUT2D eigenvalue weighted by Gasteiger charge is -2.23. The van der Waals surface area contributed by atoms with E-state index in [2.05, 4.69) is 0 Å². The van der Waals surface area contributed by atoms with Crippen LogP contribution in [0.25, 0.3) is 10.8 Å². The third-order valence-electron chi connectivity index (χ3n) is 6.25. The van der Waals surface area contributed by atoms with E-state index >= 15 is 0 Å². The van der Waals surface area contributed by atoms with E-state index in [9.17, 15) is 14.7 Å². The van der Waals surface area contributed by atoms with Gasteiger partial charge in [-0.2, -0.15) is 0 Å². The second-order valence-electron chi connectivity index (χ2n) is 8.38. The van der Waals surface area contributed by atoms with E-state index in [0.29, 0.717) is 34.8 Å². The molecular weight excluding hydrogens is 434 g/mol. The van der Waals surface area contributed by atoms with Crippen molar-refractivity contribution in [2.75, 3.05) is 11.4 Å². The van der Waals surface area contributed by atoms with Gasteiger partial charge in [0.2, 0.25) is 0 Å². The van der Waals surface area contributed by atoms with Gasteiger partial charge in [0.05, 0.1) is 12.1 Å². The van der Waals surface area contributed by atoms with E-state index in [-0.39, 0.29) is 12.2 Å². The zero-order chi connectivity index (χ0) is 23.0. The highest BCUT2D eigenvalue weighted by atomic mass is 35.5. The van der Waals surface area contributed by atoms with Gasteiger partial charge in [-0.1, -0.05) is 78.3 Å². The molecule has 0 saturated carbocycles. The highest BCUT2D eigenvalue weighted by Gasteiger charge is 2.50. The maximum atomic E-state index is 13.5. The van der Waals surface area contributed by atoms with E-state index in [1.807, 2.05) is 60.7 Å². The summed E-state index contributed by atoms with van der Waals surface area (Å²) in [4.78, 5) is 28.3. The SMILES string of the molecule is O=C(C[C@@]1(O)C(=O)N(CCc2ccccc2)c2ccc(Cl)cc21)c1ccc2ccccc2c1. The molecule has 0 radical (unpaired) electrons. The van der Waals surface area contributed by atoms with Crippen molar-refractivity contribution in [1.82, 2.24) is 0 Å². The number of amides is 1. The van der Waals surface area contributed by atoms with Crippen molar-refractivity contribution >= 4 is 39.8 Å². The summed E-state index contributed by atoms with van der Waals surface area (Å²) in [7, 11) is 0. The quantitative estimate of drug-likeness (QED) is 0.388. The summed E-state index contributed by atoms with van der Waals surface area (Å²) < 4.78 is 0. The summed E-state index contributed by atoms with van der Waals surface area (Å²) in [6, 6.07) is 28.0. The number of carbonyl (C=O) groups excluding carboxylic acids is 2. The predicted octanol–water partition coefficient (Wildman–Crippen LogP) is 5.54. The molecule has 0 fully saturated rings. The van der Waals surface area contributed by atoms with Crippen LogP contribution < -0.4 is 4.90 Å². The van der Waals surface area contributed by atoms with Crippen LogP contribution in [0.5, 0.6) is 0 Å². The van der Waals surface area contributed by atoms with E-state index < -0.39 is 11.5 Å². The van der Waals surface area contributed by atoms with Gasteiger partial charge in [-0.25, -0.2) is 0 Å². The Morgan fingerprint density at radius 1 is 0.879 bits per heavy atom. The number of nitrogens with zero attached hydrogens (tertiary/aromatic N) is 1. The lowest BCUT2D eigenvalue weighted by atomic mass is 9.87. The number of rotatable bonds is 6. The fourth-order valence-electron chi connectivity index (χ4n) is 4.50. The molecule has 0 aliphatic carbocycles. The Labute approximate surface area is 197 Å². The van der Waals surface area contributed by atoms with Crippen molar-refractivity contribution in [3.63, 3.8) is 0 Å². The molecule has 1 N–H and O–H groups in total. The standard InChI is InChI=1S/C28H22ClNO3/c29-23-12-13-25-24(17-23)28(33,27(32)30(25)15-14-19-6-2-1-3-7-19)18-26(31)22-11-10-20-8-4-5-9-21(20)16-22/h1-13,16-17,33H,14-15,18H2/t28-/m0/s1. The number of hydrogen-bond acceptors (Lipinski definition) is 3. The molecule has 4 nitrogen and oxygen atoms in total. The molecular formula is C28H22ClNO3. The fourth-order valence-corrected chi connectivity index (χ4v) is 4.67. The summed E-state index contributed by atoms with van der Waals surface area (Å²) in [5.74, 6) is -0.794. The van der Waals surface area contributed by atoms with Gasteiger partial charge in [0.1, 0.15) is 0 Å². The molecule has 33 heavy (non-hydrogen) atoms. The number of carbonyl (C=O) groups is 2. The maximum Gasteiger partial charge on any atom is 0.264 e. The van der Waals surface area contributed by atoms with Gasteiger partial charge in [-0.3, -0.25) is 9.59 Å². The first kappa shape index (κ1) is 21.4. The number of fused-ring (bicyclic) bond motifs is 2. The minimum absolute atomic E-state index is 0.299. The molecule has 0 unspecified atom stereocenters. The van der Waals surface area contributed by atoms with Crippen LogP contribution in [0.4, 0.5) is 5.69 Å². The van der Waals surface area contributed by atoms with Crippen molar-refractivity contribution in [3.05, 3.63) is 113 Å². The van der Waals surface area contributed by atoms with Crippen molar-refractivity contribution in [2.24, 2.45) is 0 Å². The van der Waals surface area contributed by atoms with Gasteiger partial charge < -0.3 is 10.0 Å². The first-order valence-corrected chi connectivity index (χ1v) is 11.2. The number of Topliss-reactive ketones (excluding diaryl/α,β-unsaturated/α-hetero) is 1. The molecule has 0 spiro atoms. The molecule has 4 aromatic carbocycles. The Morgan fingerprint density at radius 2 is 1.61 bits per heavy atom. The Hall–Kier alpha value is -3.47. The van der Waals surface area contributed by atoms with E-state index in [1.54, 1.807) is 35.2 Å². The third-order valence-corrected chi connectivity index (χ3v) is 6.48. The Balaban J connectivity index is 1.46. The molecule has 164 valence electrons. The van der Waals surface area contributed by atoms with Crippen LogP contribution in [0.3, 0.4) is 0 Å². The molecule has 4 aromatic rings. The molecule has 0 aromatic heterocycles. The van der Waals surface area contributed by atoms with Gasteiger partial charge >= 0.3 is 0 Å². The van der Waals surface area contributed by atoms with Gasteiger partial charge in [-0.15, -0.1) is 0 Å². The Kier molecular flexibility index (Phi) is 5.49. The van der Waals surface area contributed by atoms with Crippen LogP contribution in [-0.2, 0) is 16.8 Å². The van der Waals surface area contributed by atoms with Gasteiger partial charge in [-0.05, 0) is 47.0 Å². The lowest BCUT2D eigenvalue weighted by Crippen LogP contribution is -2.42. The summed E-state index contributed by atoms with van der Waals surface area (Å²) in [5, 5.41) is 13.9. The van der Waals surface area contributed by atoms with Crippen molar-refractivity contribution in [1.29, 1.82) is 0 Å². The molecule has 1 atom stereocenters. The number of aliphatic hydroxyl groups is 1. The van der Waals surface area contributed by atoms with Gasteiger partial charge in [0, 0.05) is 22.7 Å². The summed E-state index contributed by atoms with van der Waals surface area (Å²) in [6.07, 6.45) is 0.280. The Morgan fingerprint density at radius 3 is 2.39 bits per heavy atom. The minimum atomic E-state index is -1.96. The number of anilines is 1. The van der Waals surface area contributed by atoms with E-state index in [0.717, 1.165) is 16.3 Å². The summed E-state index contributed by atoms with van der Waals surface area (Å²) in [6.45, 7) is 0.393. The predicted molar refractivity (Wildman–Crippen MR) is 131 cm³/mol. The summed E-state index contributed by atoms with van der Waals surface area (Å²) >= 11 is 6.21. The molecule has 1 heterocycles. The van der Waals surface area contributed by atoms with E-state index in [1.165, 1.54) is 0 Å². The zero-order valence-electron chi connectivity index (χ0n) is 17.9. The van der Waals surface area contributed by atoms with Crippen molar-refractivity contribution in [3.8, 4) is 0 Å². The second-order valence-corrected chi connectivity index (χ2v) is 8.81. The van der Waals surface area contributed by atoms with Crippen LogP contribution in [0.1, 0.15) is 27.9 Å². The average Bonchev–Trinajstić information content (AvgIpc) is 3.04. The zero-order valence-corrected chi connectivity index (χ0v) is 18.6. The topological polar surface area (TPSA) is 57.6 Å². The van der Waals surface area contributed by atoms with Crippen LogP contribution in [0.15, 0.2) is 91.0 Å². The van der Waals surface area contributed by atoms with Gasteiger partial charge in [0.15, 0.2) is 11.4 Å². The largest absolute Gasteiger partial charge is 0.375 e. The number of benzene rings is 4. The van der Waals surface area contributed by atoms with Crippen molar-refractivity contribution in [2.45, 2.75) is 18.4 Å². The number of ketones is 1. The molecule has 0 saturated heterocycles. The van der Waals surface area contributed by atoms with Gasteiger partial charge in [0.25, 0.3) is 5.91 Å². The van der Waals surface area contributed by atoms with Crippen LogP contribution in [0, 0.1) is 0 Å². The normalized spacial score (nSPS) is 17.4. The maximum absolute atomic E-state index is 13.5. The first-order valence-electron chi connectivity index (χ1n) is 10.9. The lowest BCUT2D eigenvalue weighted by molar-refractivity contribution is -0.135.